The van der Waals surface area contributed by atoms with Crippen molar-refractivity contribution in [3.63, 3.8) is 0 Å². The predicted molar refractivity (Wildman–Crippen MR) is 75.1 cm³/mol. The molecule has 0 saturated heterocycles. The van der Waals surface area contributed by atoms with Crippen molar-refractivity contribution in [1.29, 1.82) is 0 Å². The molecule has 2 aliphatic rings. The van der Waals surface area contributed by atoms with Crippen molar-refractivity contribution < 1.29 is 4.74 Å². The lowest BCUT2D eigenvalue weighted by Gasteiger charge is -2.25. The van der Waals surface area contributed by atoms with Crippen LogP contribution in [0, 0.1) is 13.8 Å². The Hall–Kier alpha value is -1.12. The maximum absolute atomic E-state index is 5.94. The standard InChI is InChI=1S/C11H14N2O.2C2H6/c1-7-9-3-4-11(5-6-11)14-10(9)13-8(2)12-7;2*1-2/h3-6H2,1-2H3;2*1-2H3. The Morgan fingerprint density at radius 1 is 0.944 bits per heavy atom. The average molecular weight is 250 g/mol. The van der Waals surface area contributed by atoms with Gasteiger partial charge in [0.15, 0.2) is 0 Å². The van der Waals surface area contributed by atoms with Crippen LogP contribution < -0.4 is 4.74 Å². The fraction of sp³-hybridized carbons (Fsp3) is 0.733. The highest BCUT2D eigenvalue weighted by molar-refractivity contribution is 5.34. The van der Waals surface area contributed by atoms with E-state index in [4.69, 9.17) is 4.74 Å². The van der Waals surface area contributed by atoms with Gasteiger partial charge in [-0.1, -0.05) is 27.7 Å². The van der Waals surface area contributed by atoms with Gasteiger partial charge in [0, 0.05) is 11.3 Å². The van der Waals surface area contributed by atoms with Gasteiger partial charge in [-0.15, -0.1) is 0 Å². The van der Waals surface area contributed by atoms with E-state index >= 15 is 0 Å². The van der Waals surface area contributed by atoms with E-state index in [0.717, 1.165) is 30.2 Å². The predicted octanol–water partition coefficient (Wildman–Crippen LogP) is 4.00. The summed E-state index contributed by atoms with van der Waals surface area (Å²) in [7, 11) is 0. The zero-order chi connectivity index (χ0) is 13.8. The molecule has 1 spiro atoms. The van der Waals surface area contributed by atoms with Crippen LogP contribution in [0.15, 0.2) is 0 Å². The van der Waals surface area contributed by atoms with Crippen molar-refractivity contribution in [1.82, 2.24) is 9.97 Å². The molecular formula is C15H26N2O. The largest absolute Gasteiger partial charge is 0.471 e. The van der Waals surface area contributed by atoms with Crippen molar-refractivity contribution in [3.8, 4) is 5.88 Å². The van der Waals surface area contributed by atoms with Crippen LogP contribution in [0.3, 0.4) is 0 Å². The molecule has 0 radical (unpaired) electrons. The Morgan fingerprint density at radius 2 is 1.56 bits per heavy atom. The van der Waals surface area contributed by atoms with Gasteiger partial charge in [-0.05, 0) is 39.5 Å². The van der Waals surface area contributed by atoms with Crippen LogP contribution in [-0.2, 0) is 6.42 Å². The molecular weight excluding hydrogens is 224 g/mol. The first-order chi connectivity index (χ1) is 8.69. The van der Waals surface area contributed by atoms with Gasteiger partial charge < -0.3 is 4.74 Å². The quantitative estimate of drug-likeness (QED) is 0.698. The number of fused-ring (bicyclic) bond motifs is 1. The molecule has 3 rings (SSSR count). The molecule has 0 amide bonds. The van der Waals surface area contributed by atoms with E-state index in [2.05, 4.69) is 9.97 Å². The number of aryl methyl sites for hydroxylation is 2. The van der Waals surface area contributed by atoms with Gasteiger partial charge in [-0.3, -0.25) is 0 Å². The maximum Gasteiger partial charge on any atom is 0.220 e. The second-order valence-electron chi connectivity index (χ2n) is 4.43. The molecule has 0 unspecified atom stereocenters. The van der Waals surface area contributed by atoms with Crippen molar-refractivity contribution in [2.45, 2.75) is 72.8 Å². The van der Waals surface area contributed by atoms with Crippen LogP contribution in [-0.4, -0.2) is 15.6 Å². The summed E-state index contributed by atoms with van der Waals surface area (Å²) >= 11 is 0. The molecule has 1 aromatic rings. The zero-order valence-corrected chi connectivity index (χ0v) is 12.6. The third-order valence-corrected chi connectivity index (χ3v) is 3.24. The molecule has 102 valence electrons. The SMILES string of the molecule is CC.CC.Cc1nc(C)c2c(n1)OC1(CC2)CC1. The van der Waals surface area contributed by atoms with Crippen LogP contribution >= 0.6 is 0 Å². The van der Waals surface area contributed by atoms with Gasteiger partial charge >= 0.3 is 0 Å². The number of hydrogen-bond acceptors (Lipinski definition) is 3. The Labute approximate surface area is 111 Å². The lowest BCUT2D eigenvalue weighted by molar-refractivity contribution is 0.141. The highest BCUT2D eigenvalue weighted by Crippen LogP contribution is 2.47. The summed E-state index contributed by atoms with van der Waals surface area (Å²) in [5.41, 5.74) is 2.47. The number of hydrogen-bond donors (Lipinski definition) is 0. The smallest absolute Gasteiger partial charge is 0.220 e. The Balaban J connectivity index is 0.000000371. The van der Waals surface area contributed by atoms with Crippen molar-refractivity contribution in [3.05, 3.63) is 17.1 Å². The van der Waals surface area contributed by atoms with E-state index in [9.17, 15) is 0 Å². The number of aromatic nitrogens is 2. The summed E-state index contributed by atoms with van der Waals surface area (Å²) in [5.74, 6) is 1.66. The van der Waals surface area contributed by atoms with Crippen LogP contribution in [0.2, 0.25) is 0 Å². The fourth-order valence-corrected chi connectivity index (χ4v) is 2.18. The van der Waals surface area contributed by atoms with Crippen LogP contribution in [0.4, 0.5) is 0 Å². The van der Waals surface area contributed by atoms with E-state index in [1.807, 2.05) is 41.5 Å². The van der Waals surface area contributed by atoms with Crippen molar-refractivity contribution >= 4 is 0 Å². The minimum Gasteiger partial charge on any atom is -0.471 e. The summed E-state index contributed by atoms with van der Waals surface area (Å²) in [4.78, 5) is 8.74. The zero-order valence-electron chi connectivity index (χ0n) is 12.6. The molecule has 0 N–H and O–H groups in total. The van der Waals surface area contributed by atoms with Crippen molar-refractivity contribution in [2.75, 3.05) is 0 Å². The van der Waals surface area contributed by atoms with Crippen LogP contribution in [0.25, 0.3) is 0 Å². The van der Waals surface area contributed by atoms with Crippen LogP contribution in [0.1, 0.15) is 64.0 Å². The van der Waals surface area contributed by atoms with E-state index in [1.165, 1.54) is 18.4 Å². The molecule has 0 bridgehead atoms. The minimum atomic E-state index is 0.167. The van der Waals surface area contributed by atoms with Gasteiger partial charge in [0.05, 0.1) is 0 Å². The minimum absolute atomic E-state index is 0.167. The van der Waals surface area contributed by atoms with E-state index in [0.29, 0.717) is 0 Å². The van der Waals surface area contributed by atoms with Gasteiger partial charge in [-0.25, -0.2) is 4.98 Å². The summed E-state index contributed by atoms with van der Waals surface area (Å²) in [6.07, 6.45) is 4.64. The molecule has 1 saturated carbocycles. The van der Waals surface area contributed by atoms with Crippen molar-refractivity contribution in [2.24, 2.45) is 0 Å². The Bertz CT molecular complexity index is 398. The first-order valence-electron chi connectivity index (χ1n) is 7.22. The molecule has 1 aliphatic heterocycles. The summed E-state index contributed by atoms with van der Waals surface area (Å²) in [5, 5.41) is 0. The summed E-state index contributed by atoms with van der Waals surface area (Å²) < 4.78 is 5.94. The molecule has 0 aromatic carbocycles. The lowest BCUT2D eigenvalue weighted by Crippen LogP contribution is -2.26. The monoisotopic (exact) mass is 250 g/mol. The second kappa shape index (κ2) is 6.17. The topological polar surface area (TPSA) is 35.0 Å². The molecule has 2 heterocycles. The maximum atomic E-state index is 5.94. The molecule has 3 heteroatoms. The van der Waals surface area contributed by atoms with Gasteiger partial charge in [0.1, 0.15) is 11.4 Å². The highest BCUT2D eigenvalue weighted by atomic mass is 16.5. The molecule has 1 aliphatic carbocycles. The highest BCUT2D eigenvalue weighted by Gasteiger charge is 2.48. The molecule has 3 nitrogen and oxygen atoms in total. The average Bonchev–Trinajstić information content (AvgIpc) is 3.12. The molecule has 1 fully saturated rings. The number of rotatable bonds is 0. The lowest BCUT2D eigenvalue weighted by atomic mass is 10.0. The second-order valence-corrected chi connectivity index (χ2v) is 4.43. The Morgan fingerprint density at radius 3 is 2.11 bits per heavy atom. The first kappa shape index (κ1) is 14.9. The van der Waals surface area contributed by atoms with Crippen LogP contribution in [0.5, 0.6) is 5.88 Å². The third-order valence-electron chi connectivity index (χ3n) is 3.24. The summed E-state index contributed by atoms with van der Waals surface area (Å²) in [6.45, 7) is 12.0. The fourth-order valence-electron chi connectivity index (χ4n) is 2.18. The first-order valence-corrected chi connectivity index (χ1v) is 7.22. The van der Waals surface area contributed by atoms with E-state index < -0.39 is 0 Å². The van der Waals surface area contributed by atoms with E-state index in [1.54, 1.807) is 0 Å². The van der Waals surface area contributed by atoms with Gasteiger partial charge in [0.25, 0.3) is 0 Å². The summed E-state index contributed by atoms with van der Waals surface area (Å²) in [6, 6.07) is 0. The van der Waals surface area contributed by atoms with Gasteiger partial charge in [-0.2, -0.15) is 4.98 Å². The number of nitrogens with zero attached hydrogens (tertiary/aromatic N) is 2. The molecule has 18 heavy (non-hydrogen) atoms. The normalized spacial score (nSPS) is 17.4. The number of ether oxygens (including phenoxy) is 1. The third kappa shape index (κ3) is 3.01. The van der Waals surface area contributed by atoms with E-state index in [-0.39, 0.29) is 5.60 Å². The molecule has 0 atom stereocenters. The molecule has 1 aromatic heterocycles. The Kier molecular flexibility index (Phi) is 5.12. The van der Waals surface area contributed by atoms with Gasteiger partial charge in [0.2, 0.25) is 5.88 Å².